The van der Waals surface area contributed by atoms with Gasteiger partial charge < -0.3 is 17.0 Å². The van der Waals surface area contributed by atoms with Crippen LogP contribution in [0.3, 0.4) is 0 Å². The summed E-state index contributed by atoms with van der Waals surface area (Å²) in [6.07, 6.45) is 0. The molecule has 0 aliphatic rings. The molecule has 0 N–H and O–H groups in total. The number of rotatable bonds is 3. The molecule has 0 saturated carbocycles. The van der Waals surface area contributed by atoms with Crippen LogP contribution in [-0.4, -0.2) is 20.3 Å². The van der Waals surface area contributed by atoms with Gasteiger partial charge in [0, 0.05) is 0 Å². The Morgan fingerprint density at radius 3 is 2.69 bits per heavy atom. The summed E-state index contributed by atoms with van der Waals surface area (Å²) in [5, 5.41) is 0. The van der Waals surface area contributed by atoms with E-state index in [1.807, 2.05) is 11.8 Å². The van der Waals surface area contributed by atoms with Crippen molar-refractivity contribution in [3.8, 4) is 0 Å². The van der Waals surface area contributed by atoms with E-state index in [0.29, 0.717) is 14.5 Å². The standard InChI is InChI=1S/C12H16NSSe.BrH/c1-4-13-10-8-9(3)6-7-11(10)15-12(13)14-5-2;/h6-8H,4-5H2,1-3H3;1H/q+1;/p-1. The van der Waals surface area contributed by atoms with E-state index in [2.05, 4.69) is 43.5 Å². The maximum atomic E-state index is 2.48. The minimum Gasteiger partial charge on any atom is -1.00 e. The fourth-order valence-electron chi connectivity index (χ4n) is 1.70. The summed E-state index contributed by atoms with van der Waals surface area (Å²) in [6, 6.07) is 6.86. The summed E-state index contributed by atoms with van der Waals surface area (Å²) >= 11 is 2.55. The molecule has 16 heavy (non-hydrogen) atoms. The minimum atomic E-state index is 0. The maximum absolute atomic E-state index is 2.48. The molecule has 1 nitrogen and oxygen atoms in total. The Bertz CT molecular complexity index is 481. The van der Waals surface area contributed by atoms with Gasteiger partial charge in [0.25, 0.3) is 0 Å². The van der Waals surface area contributed by atoms with Crippen molar-refractivity contribution in [2.45, 2.75) is 31.2 Å². The molecule has 1 aromatic heterocycles. The maximum Gasteiger partial charge on any atom is -1.00 e. The molecule has 0 radical (unpaired) electrons. The second-order valence-electron chi connectivity index (χ2n) is 3.52. The number of nitrogens with zero attached hydrogens (tertiary/aromatic N) is 1. The molecule has 1 aromatic carbocycles. The normalized spacial score (nSPS) is 10.4. The topological polar surface area (TPSA) is 3.88 Å². The summed E-state index contributed by atoms with van der Waals surface area (Å²) < 4.78 is 5.61. The van der Waals surface area contributed by atoms with Gasteiger partial charge in [-0.2, -0.15) is 0 Å². The molecule has 4 heteroatoms. The SMILES string of the molecule is CCSc1[se]c2ccc(C)cc2[n+]1CC.[Br-]. The van der Waals surface area contributed by atoms with Crippen LogP contribution in [-0.2, 0) is 6.54 Å². The fraction of sp³-hybridized carbons (Fsp3) is 0.417. The van der Waals surface area contributed by atoms with E-state index in [-0.39, 0.29) is 17.0 Å². The van der Waals surface area contributed by atoms with Crippen LogP contribution in [0.1, 0.15) is 19.4 Å². The zero-order chi connectivity index (χ0) is 10.8. The fourth-order valence-corrected chi connectivity index (χ4v) is 5.93. The van der Waals surface area contributed by atoms with Gasteiger partial charge in [-0.15, -0.1) is 0 Å². The van der Waals surface area contributed by atoms with E-state index in [1.54, 1.807) is 8.16 Å². The van der Waals surface area contributed by atoms with Gasteiger partial charge >= 0.3 is 101 Å². The van der Waals surface area contributed by atoms with Crippen LogP contribution >= 0.6 is 11.8 Å². The molecule has 0 amide bonds. The van der Waals surface area contributed by atoms with E-state index in [1.165, 1.54) is 16.8 Å². The molecule has 0 spiro atoms. The second kappa shape index (κ2) is 6.25. The van der Waals surface area contributed by atoms with E-state index >= 15 is 0 Å². The first kappa shape index (κ1) is 14.3. The predicted octanol–water partition coefficient (Wildman–Crippen LogP) is -0.371. The van der Waals surface area contributed by atoms with Gasteiger partial charge in [-0.25, -0.2) is 0 Å². The Morgan fingerprint density at radius 2 is 2.06 bits per heavy atom. The zero-order valence-electron chi connectivity index (χ0n) is 9.79. The molecule has 2 rings (SSSR count). The second-order valence-corrected chi connectivity index (χ2v) is 7.51. The van der Waals surface area contributed by atoms with Gasteiger partial charge in [0.1, 0.15) is 0 Å². The van der Waals surface area contributed by atoms with Crippen molar-refractivity contribution in [1.82, 2.24) is 0 Å². The molecule has 88 valence electrons. The number of aromatic nitrogens is 1. The van der Waals surface area contributed by atoms with Gasteiger partial charge in [0.05, 0.1) is 0 Å². The molecule has 0 atom stereocenters. The third kappa shape index (κ3) is 2.73. The van der Waals surface area contributed by atoms with Crippen molar-refractivity contribution in [1.29, 1.82) is 0 Å². The van der Waals surface area contributed by atoms with E-state index in [4.69, 9.17) is 0 Å². The van der Waals surface area contributed by atoms with Crippen molar-refractivity contribution < 1.29 is 21.5 Å². The first-order chi connectivity index (χ1) is 7.26. The molecule has 1 heterocycles. The molecule has 2 aromatic rings. The number of thioether (sulfide) groups is 1. The summed E-state index contributed by atoms with van der Waals surface area (Å²) in [5.41, 5.74) is 2.82. The van der Waals surface area contributed by atoms with Crippen LogP contribution in [0.15, 0.2) is 22.1 Å². The summed E-state index contributed by atoms with van der Waals surface area (Å²) in [6.45, 7) is 7.74. The van der Waals surface area contributed by atoms with Crippen molar-refractivity contribution in [3.05, 3.63) is 23.8 Å². The average Bonchev–Trinajstić information content (AvgIpc) is 2.55. The van der Waals surface area contributed by atoms with E-state index in [0.717, 1.165) is 6.54 Å². The largest absolute Gasteiger partial charge is 1.00 e. The molecule has 0 bridgehead atoms. The Kier molecular flexibility index (Phi) is 5.58. The van der Waals surface area contributed by atoms with Gasteiger partial charge in [0.15, 0.2) is 0 Å². The van der Waals surface area contributed by atoms with Crippen molar-refractivity contribution >= 4 is 36.0 Å². The summed E-state index contributed by atoms with van der Waals surface area (Å²) in [4.78, 5) is 0. The zero-order valence-corrected chi connectivity index (χ0v) is 13.9. The Morgan fingerprint density at radius 1 is 1.31 bits per heavy atom. The number of aryl methyl sites for hydroxylation is 2. The van der Waals surface area contributed by atoms with Crippen LogP contribution in [0.2, 0.25) is 0 Å². The number of benzene rings is 1. The van der Waals surface area contributed by atoms with Crippen LogP contribution in [0, 0.1) is 6.92 Å². The van der Waals surface area contributed by atoms with Gasteiger partial charge in [0.2, 0.25) is 0 Å². The first-order valence-electron chi connectivity index (χ1n) is 5.32. The third-order valence-electron chi connectivity index (χ3n) is 2.41. The van der Waals surface area contributed by atoms with Crippen molar-refractivity contribution in [2.24, 2.45) is 0 Å². The number of halogens is 1. The molecule has 0 saturated heterocycles. The number of fused-ring (bicyclic) bond motifs is 1. The van der Waals surface area contributed by atoms with E-state index < -0.39 is 0 Å². The number of hydrogen-bond acceptors (Lipinski definition) is 1. The molecule has 0 unspecified atom stereocenters. The predicted molar refractivity (Wildman–Crippen MR) is 67.9 cm³/mol. The molecule has 0 fully saturated rings. The summed E-state index contributed by atoms with van der Waals surface area (Å²) in [5.74, 6) is 1.18. The Labute approximate surface area is 118 Å². The van der Waals surface area contributed by atoms with Crippen molar-refractivity contribution in [2.75, 3.05) is 5.75 Å². The van der Waals surface area contributed by atoms with Gasteiger partial charge in [-0.05, 0) is 0 Å². The van der Waals surface area contributed by atoms with Crippen LogP contribution in [0.25, 0.3) is 9.78 Å². The van der Waals surface area contributed by atoms with E-state index in [9.17, 15) is 0 Å². The molecular formula is C12H16BrNSSe. The quantitative estimate of drug-likeness (QED) is 0.408. The number of hydrogen-bond donors (Lipinski definition) is 0. The minimum absolute atomic E-state index is 0. The molecular weight excluding hydrogens is 349 g/mol. The van der Waals surface area contributed by atoms with Gasteiger partial charge in [-0.3, -0.25) is 0 Å². The smallest absolute Gasteiger partial charge is 1.00 e. The Hall–Kier alpha value is 0.239. The van der Waals surface area contributed by atoms with Crippen molar-refractivity contribution in [3.63, 3.8) is 0 Å². The first-order valence-corrected chi connectivity index (χ1v) is 8.02. The average molecular weight is 365 g/mol. The van der Waals surface area contributed by atoms with Crippen LogP contribution in [0.5, 0.6) is 0 Å². The van der Waals surface area contributed by atoms with Gasteiger partial charge in [-0.1, -0.05) is 0 Å². The monoisotopic (exact) mass is 365 g/mol. The molecule has 0 aliphatic heterocycles. The third-order valence-corrected chi connectivity index (χ3v) is 6.35. The summed E-state index contributed by atoms with van der Waals surface area (Å²) in [7, 11) is 0. The Balaban J connectivity index is 0.00000128. The van der Waals surface area contributed by atoms with Crippen LogP contribution in [0.4, 0.5) is 0 Å². The van der Waals surface area contributed by atoms with Crippen LogP contribution < -0.4 is 21.5 Å². The molecule has 0 aliphatic carbocycles.